The zero-order chi connectivity index (χ0) is 25.1. The molecule has 0 radical (unpaired) electrons. The third kappa shape index (κ3) is 2.73. The molecule has 0 aliphatic heterocycles. The molecule has 3 saturated carbocycles. The van der Waals surface area contributed by atoms with Crippen LogP contribution < -0.4 is 5.73 Å². The van der Waals surface area contributed by atoms with Crippen molar-refractivity contribution in [2.75, 3.05) is 0 Å². The van der Waals surface area contributed by atoms with Gasteiger partial charge in [0.15, 0.2) is 5.78 Å². The summed E-state index contributed by atoms with van der Waals surface area (Å²) in [6.45, 7) is 12.8. The average molecular weight is 465 g/mol. The van der Waals surface area contributed by atoms with Crippen molar-refractivity contribution < 1.29 is 14.7 Å². The lowest BCUT2D eigenvalue weighted by Crippen LogP contribution is -2.68. The van der Waals surface area contributed by atoms with Gasteiger partial charge in [-0.05, 0) is 80.1 Å². The maximum absolute atomic E-state index is 14.1. The van der Waals surface area contributed by atoms with E-state index in [1.807, 2.05) is 19.1 Å². The van der Waals surface area contributed by atoms with Gasteiger partial charge in [-0.2, -0.15) is 5.26 Å². The summed E-state index contributed by atoms with van der Waals surface area (Å²) in [5.74, 6) is -0.670. The Morgan fingerprint density at radius 2 is 1.68 bits per heavy atom. The Morgan fingerprint density at radius 1 is 1.03 bits per heavy atom. The first-order valence-corrected chi connectivity index (χ1v) is 13.0. The second-order valence-electron chi connectivity index (χ2n) is 13.9. The van der Waals surface area contributed by atoms with Gasteiger partial charge in [0.05, 0.1) is 5.57 Å². The van der Waals surface area contributed by atoms with Crippen LogP contribution in [-0.2, 0) is 9.59 Å². The molecule has 0 bridgehead atoms. The minimum Gasteiger partial charge on any atom is -0.382 e. The highest BCUT2D eigenvalue weighted by molar-refractivity contribution is 6.06. The van der Waals surface area contributed by atoms with E-state index in [1.165, 1.54) is 0 Å². The smallest absolute Gasteiger partial charge is 0.204 e. The molecule has 0 spiro atoms. The van der Waals surface area contributed by atoms with E-state index in [0.717, 1.165) is 44.1 Å². The second kappa shape index (κ2) is 6.71. The van der Waals surface area contributed by atoms with Gasteiger partial charge in [0.2, 0.25) is 5.78 Å². The molecule has 0 amide bonds. The van der Waals surface area contributed by atoms with E-state index in [-0.39, 0.29) is 50.9 Å². The Hall–Kier alpha value is -1.77. The number of nitrogens with two attached hydrogens (primary N) is 1. The molecule has 3 N–H and O–H groups in total. The average Bonchev–Trinajstić information content (AvgIpc) is 2.74. The number of aliphatic hydroxyl groups is 1. The van der Waals surface area contributed by atoms with E-state index in [2.05, 4.69) is 27.7 Å². The monoisotopic (exact) mass is 464 g/mol. The first kappa shape index (κ1) is 23.9. The lowest BCUT2D eigenvalue weighted by Gasteiger charge is -2.68. The summed E-state index contributed by atoms with van der Waals surface area (Å²) < 4.78 is 0. The molecule has 0 saturated heterocycles. The minimum absolute atomic E-state index is 0.00674. The van der Waals surface area contributed by atoms with Crippen LogP contribution in [0.4, 0.5) is 0 Å². The Balaban J connectivity index is 1.69. The van der Waals surface area contributed by atoms with Gasteiger partial charge in [-0.15, -0.1) is 0 Å². The number of ketones is 2. The molecule has 5 nitrogen and oxygen atoms in total. The number of hydrogen-bond donors (Lipinski definition) is 2. The quantitative estimate of drug-likeness (QED) is 0.543. The van der Waals surface area contributed by atoms with Crippen LogP contribution >= 0.6 is 0 Å². The molecule has 0 aromatic heterocycles. The van der Waals surface area contributed by atoms with Gasteiger partial charge >= 0.3 is 0 Å². The SMILES string of the molecule is CC1(C)CC[C@]2(N)CC[C@]3(C)[C@@H](C(=O)C=C4[C@@]5(C)C=C(C#N)C(=O)[C@@](C)(O)C5CC[C@]43C)C2C1. The number of carbonyl (C=O) groups is 2. The van der Waals surface area contributed by atoms with Gasteiger partial charge in [0.25, 0.3) is 0 Å². The van der Waals surface area contributed by atoms with Gasteiger partial charge in [-0.1, -0.05) is 46.3 Å². The molecule has 8 atom stereocenters. The summed E-state index contributed by atoms with van der Waals surface area (Å²) in [6.07, 6.45) is 9.96. The summed E-state index contributed by atoms with van der Waals surface area (Å²) >= 11 is 0. The highest BCUT2D eigenvalue weighted by atomic mass is 16.3. The van der Waals surface area contributed by atoms with E-state index >= 15 is 0 Å². The Bertz CT molecular complexity index is 1090. The molecule has 0 aromatic carbocycles. The summed E-state index contributed by atoms with van der Waals surface area (Å²) in [5.41, 5.74) is 5.09. The van der Waals surface area contributed by atoms with Crippen molar-refractivity contribution in [2.45, 2.75) is 97.6 Å². The first-order valence-electron chi connectivity index (χ1n) is 13.0. The van der Waals surface area contributed by atoms with Crippen molar-refractivity contribution in [3.63, 3.8) is 0 Å². The molecule has 5 aliphatic rings. The van der Waals surface area contributed by atoms with Crippen molar-refractivity contribution in [1.29, 1.82) is 5.26 Å². The van der Waals surface area contributed by atoms with Crippen LogP contribution in [0.5, 0.6) is 0 Å². The molecule has 5 rings (SSSR count). The fourth-order valence-electron chi connectivity index (χ4n) is 9.35. The molecular weight excluding hydrogens is 424 g/mol. The van der Waals surface area contributed by atoms with Gasteiger partial charge in [0, 0.05) is 22.8 Å². The molecule has 0 heterocycles. The molecule has 34 heavy (non-hydrogen) atoms. The minimum atomic E-state index is -1.62. The van der Waals surface area contributed by atoms with Crippen LogP contribution in [-0.4, -0.2) is 27.8 Å². The number of allylic oxidation sites excluding steroid dienone is 3. The van der Waals surface area contributed by atoms with Crippen LogP contribution in [0.1, 0.15) is 86.5 Å². The van der Waals surface area contributed by atoms with Crippen LogP contribution in [0.15, 0.2) is 23.3 Å². The Labute approximate surface area is 203 Å². The third-order valence-electron chi connectivity index (χ3n) is 11.6. The van der Waals surface area contributed by atoms with E-state index in [9.17, 15) is 20.0 Å². The van der Waals surface area contributed by atoms with Gasteiger partial charge in [0.1, 0.15) is 11.7 Å². The fourth-order valence-corrected chi connectivity index (χ4v) is 9.35. The summed E-state index contributed by atoms with van der Waals surface area (Å²) in [6, 6.07) is 2.03. The van der Waals surface area contributed by atoms with Gasteiger partial charge in [-0.3, -0.25) is 9.59 Å². The second-order valence-corrected chi connectivity index (χ2v) is 13.9. The molecular formula is C29H40N2O3. The number of hydrogen-bond acceptors (Lipinski definition) is 5. The van der Waals surface area contributed by atoms with Crippen molar-refractivity contribution >= 4 is 11.6 Å². The number of nitriles is 1. The molecule has 0 aromatic rings. The highest BCUT2D eigenvalue weighted by Crippen LogP contribution is 2.72. The maximum Gasteiger partial charge on any atom is 0.204 e. The summed E-state index contributed by atoms with van der Waals surface area (Å²) in [5, 5.41) is 21.0. The molecule has 5 heteroatoms. The lowest BCUT2D eigenvalue weighted by molar-refractivity contribution is -0.164. The van der Waals surface area contributed by atoms with Crippen molar-refractivity contribution in [3.8, 4) is 6.07 Å². The topological polar surface area (TPSA) is 104 Å². The molecule has 3 fully saturated rings. The molecule has 5 aliphatic carbocycles. The molecule has 2 unspecified atom stereocenters. The van der Waals surface area contributed by atoms with Gasteiger partial charge in [-0.25, -0.2) is 0 Å². The normalized spacial score (nSPS) is 51.7. The number of rotatable bonds is 0. The lowest BCUT2D eigenvalue weighted by atomic mass is 9.35. The predicted molar refractivity (Wildman–Crippen MR) is 130 cm³/mol. The standard InChI is InChI=1S/C29H40N2O3/c1-24(2)9-11-29(31)12-10-27(5)22(18(29)15-24)19(32)13-21-25(3)14-17(16-30)23(33)28(6,34)20(25)7-8-26(21,27)4/h13-14,18,20,22,34H,7-12,15,31H2,1-6H3/t18?,20?,22-,25+,26-,27-,28+,29+/m1/s1. The number of Topliss-reactive ketones (excluding diaryl/α,β-unsaturated/α-hetero) is 1. The first-order chi connectivity index (χ1) is 15.6. The Kier molecular flexibility index (Phi) is 4.72. The zero-order valence-corrected chi connectivity index (χ0v) is 21.6. The summed E-state index contributed by atoms with van der Waals surface area (Å²) in [7, 11) is 0. The highest BCUT2D eigenvalue weighted by Gasteiger charge is 2.69. The van der Waals surface area contributed by atoms with E-state index < -0.39 is 16.8 Å². The predicted octanol–water partition coefficient (Wildman–Crippen LogP) is 4.64. The van der Waals surface area contributed by atoms with Crippen LogP contribution in [0.2, 0.25) is 0 Å². The van der Waals surface area contributed by atoms with Crippen molar-refractivity contribution in [2.24, 2.45) is 45.1 Å². The van der Waals surface area contributed by atoms with Crippen LogP contribution in [0.3, 0.4) is 0 Å². The van der Waals surface area contributed by atoms with E-state index in [1.54, 1.807) is 13.0 Å². The Morgan fingerprint density at radius 3 is 2.32 bits per heavy atom. The van der Waals surface area contributed by atoms with Crippen molar-refractivity contribution in [1.82, 2.24) is 0 Å². The van der Waals surface area contributed by atoms with Crippen LogP contribution in [0.25, 0.3) is 0 Å². The summed E-state index contributed by atoms with van der Waals surface area (Å²) in [4.78, 5) is 27.0. The van der Waals surface area contributed by atoms with Crippen molar-refractivity contribution in [3.05, 3.63) is 23.3 Å². The molecule has 184 valence electrons. The number of nitrogens with zero attached hydrogens (tertiary/aromatic N) is 1. The van der Waals surface area contributed by atoms with Crippen LogP contribution in [0, 0.1) is 50.7 Å². The van der Waals surface area contributed by atoms with E-state index in [4.69, 9.17) is 5.73 Å². The van der Waals surface area contributed by atoms with E-state index in [0.29, 0.717) is 6.42 Å². The fraction of sp³-hybridized carbons (Fsp3) is 0.759. The number of carbonyl (C=O) groups excluding carboxylic acids is 2. The zero-order valence-electron chi connectivity index (χ0n) is 21.6. The van der Waals surface area contributed by atoms with Gasteiger partial charge < -0.3 is 10.8 Å². The maximum atomic E-state index is 14.1. The number of fused-ring (bicyclic) bond motifs is 7. The third-order valence-corrected chi connectivity index (χ3v) is 11.6. The largest absolute Gasteiger partial charge is 0.382 e.